The van der Waals surface area contributed by atoms with Crippen LogP contribution in [0.3, 0.4) is 0 Å². The molecule has 1 atom stereocenters. The highest BCUT2D eigenvalue weighted by atomic mass is 32.1. The molecule has 2 aromatic rings. The van der Waals surface area contributed by atoms with Gasteiger partial charge in [-0.1, -0.05) is 26.0 Å². The maximum absolute atomic E-state index is 5.74. The molecule has 1 aromatic heterocycles. The molecule has 1 fully saturated rings. The van der Waals surface area contributed by atoms with Crippen molar-refractivity contribution in [1.29, 1.82) is 0 Å². The molecule has 4 nitrogen and oxygen atoms in total. The Hall–Kier alpha value is -1.01. The van der Waals surface area contributed by atoms with E-state index in [1.165, 1.54) is 4.70 Å². The predicted octanol–water partition coefficient (Wildman–Crippen LogP) is 3.34. The minimum Gasteiger partial charge on any atom is -0.380 e. The fourth-order valence-corrected chi connectivity index (χ4v) is 3.75. The zero-order valence-corrected chi connectivity index (χ0v) is 14.1. The van der Waals surface area contributed by atoms with E-state index in [1.807, 2.05) is 6.07 Å². The Morgan fingerprint density at radius 3 is 3.09 bits per heavy atom. The largest absolute Gasteiger partial charge is 0.380 e. The predicted molar refractivity (Wildman–Crippen MR) is 90.4 cm³/mol. The van der Waals surface area contributed by atoms with Crippen LogP contribution in [0.5, 0.6) is 0 Å². The van der Waals surface area contributed by atoms with Gasteiger partial charge in [0.2, 0.25) is 0 Å². The van der Waals surface area contributed by atoms with Crippen LogP contribution in [0.15, 0.2) is 24.3 Å². The van der Waals surface area contributed by atoms with Crippen molar-refractivity contribution in [3.8, 4) is 0 Å². The van der Waals surface area contributed by atoms with Crippen LogP contribution in [0.2, 0.25) is 0 Å². The Bertz CT molecular complexity index is 566. The van der Waals surface area contributed by atoms with Crippen LogP contribution in [-0.2, 0) is 9.47 Å². The summed E-state index contributed by atoms with van der Waals surface area (Å²) in [5.74, 6) is 0.588. The summed E-state index contributed by atoms with van der Waals surface area (Å²) < 4.78 is 12.7. The third-order valence-electron chi connectivity index (χ3n) is 3.81. The molecule has 0 amide bonds. The Labute approximate surface area is 136 Å². The number of fused-ring (bicyclic) bond motifs is 1. The summed E-state index contributed by atoms with van der Waals surface area (Å²) in [6.07, 6.45) is 0. The summed E-state index contributed by atoms with van der Waals surface area (Å²) >= 11 is 1.78. The summed E-state index contributed by atoms with van der Waals surface area (Å²) in [5, 5.41) is 1.16. The molecule has 1 aliphatic rings. The molecule has 0 radical (unpaired) electrons. The van der Waals surface area contributed by atoms with Gasteiger partial charge in [-0.3, -0.25) is 4.90 Å². The van der Waals surface area contributed by atoms with Gasteiger partial charge >= 0.3 is 0 Å². The van der Waals surface area contributed by atoms with E-state index in [-0.39, 0.29) is 6.04 Å². The lowest BCUT2D eigenvalue weighted by molar-refractivity contribution is -0.0230. The van der Waals surface area contributed by atoms with Crippen LogP contribution in [0, 0.1) is 5.92 Å². The molecule has 1 aliphatic heterocycles. The smallest absolute Gasteiger partial charge is 0.113 e. The van der Waals surface area contributed by atoms with Crippen LogP contribution in [-0.4, -0.2) is 49.4 Å². The maximum atomic E-state index is 5.74. The average molecular weight is 320 g/mol. The first-order valence-corrected chi connectivity index (χ1v) is 8.80. The molecule has 1 saturated heterocycles. The average Bonchev–Trinajstić information content (AvgIpc) is 2.95. The van der Waals surface area contributed by atoms with E-state index in [0.717, 1.165) is 50.0 Å². The topological polar surface area (TPSA) is 34.6 Å². The highest BCUT2D eigenvalue weighted by molar-refractivity contribution is 7.18. The second kappa shape index (κ2) is 7.51. The third kappa shape index (κ3) is 3.84. The quantitative estimate of drug-likeness (QED) is 0.765. The number of rotatable bonds is 6. The second-order valence-electron chi connectivity index (χ2n) is 6.12. The van der Waals surface area contributed by atoms with E-state index in [0.29, 0.717) is 5.92 Å². The Morgan fingerprint density at radius 2 is 2.27 bits per heavy atom. The lowest BCUT2D eigenvalue weighted by Crippen LogP contribution is -2.41. The molecular weight excluding hydrogens is 296 g/mol. The first kappa shape index (κ1) is 15.9. The number of thiazole rings is 1. The number of ether oxygens (including phenoxy) is 2. The third-order valence-corrected chi connectivity index (χ3v) is 4.95. The van der Waals surface area contributed by atoms with Crippen LogP contribution in [0.4, 0.5) is 0 Å². The van der Waals surface area contributed by atoms with E-state index >= 15 is 0 Å². The molecule has 0 saturated carbocycles. The monoisotopic (exact) mass is 320 g/mol. The van der Waals surface area contributed by atoms with E-state index in [2.05, 4.69) is 36.9 Å². The van der Waals surface area contributed by atoms with Crippen LogP contribution >= 0.6 is 11.3 Å². The molecule has 3 rings (SSSR count). The van der Waals surface area contributed by atoms with Crippen molar-refractivity contribution in [3.05, 3.63) is 29.3 Å². The van der Waals surface area contributed by atoms with Gasteiger partial charge in [-0.15, -0.1) is 11.3 Å². The number of aromatic nitrogens is 1. The molecule has 22 heavy (non-hydrogen) atoms. The van der Waals surface area contributed by atoms with Gasteiger partial charge in [0.15, 0.2) is 0 Å². The van der Waals surface area contributed by atoms with Crippen molar-refractivity contribution in [2.45, 2.75) is 19.9 Å². The zero-order chi connectivity index (χ0) is 15.4. The van der Waals surface area contributed by atoms with Gasteiger partial charge in [-0.05, 0) is 18.1 Å². The van der Waals surface area contributed by atoms with Crippen LogP contribution in [0.1, 0.15) is 24.9 Å². The van der Waals surface area contributed by atoms with Crippen molar-refractivity contribution in [3.63, 3.8) is 0 Å². The van der Waals surface area contributed by atoms with E-state index in [4.69, 9.17) is 14.5 Å². The highest BCUT2D eigenvalue weighted by Crippen LogP contribution is 2.31. The Balaban J connectivity index is 1.66. The maximum Gasteiger partial charge on any atom is 0.113 e. The van der Waals surface area contributed by atoms with Crippen molar-refractivity contribution in [2.24, 2.45) is 5.92 Å². The summed E-state index contributed by atoms with van der Waals surface area (Å²) in [6, 6.07) is 8.58. The molecule has 2 heterocycles. The van der Waals surface area contributed by atoms with Crippen molar-refractivity contribution < 1.29 is 9.47 Å². The summed E-state index contributed by atoms with van der Waals surface area (Å²) in [4.78, 5) is 7.25. The van der Waals surface area contributed by atoms with Gasteiger partial charge in [-0.25, -0.2) is 4.98 Å². The van der Waals surface area contributed by atoms with Gasteiger partial charge in [-0.2, -0.15) is 0 Å². The Morgan fingerprint density at radius 1 is 1.41 bits per heavy atom. The van der Waals surface area contributed by atoms with E-state index in [9.17, 15) is 0 Å². The van der Waals surface area contributed by atoms with E-state index < -0.39 is 0 Å². The highest BCUT2D eigenvalue weighted by Gasteiger charge is 2.27. The zero-order valence-electron chi connectivity index (χ0n) is 13.3. The summed E-state index contributed by atoms with van der Waals surface area (Å²) in [5.41, 5.74) is 1.09. The Kier molecular flexibility index (Phi) is 5.41. The van der Waals surface area contributed by atoms with Crippen LogP contribution < -0.4 is 0 Å². The number of hydrogen-bond acceptors (Lipinski definition) is 5. The number of benzene rings is 1. The molecule has 1 unspecified atom stereocenters. The molecule has 0 bridgehead atoms. The van der Waals surface area contributed by atoms with Crippen LogP contribution in [0.25, 0.3) is 10.2 Å². The summed E-state index contributed by atoms with van der Waals surface area (Å²) in [6.45, 7) is 9.38. The van der Waals surface area contributed by atoms with Gasteiger partial charge in [0.1, 0.15) is 5.01 Å². The number of para-hydroxylation sites is 1. The molecule has 0 N–H and O–H groups in total. The summed E-state index contributed by atoms with van der Waals surface area (Å²) in [7, 11) is 0. The molecule has 5 heteroatoms. The molecular formula is C17H24N2O2S. The van der Waals surface area contributed by atoms with Crippen molar-refractivity contribution in [2.75, 3.05) is 39.5 Å². The SMILES string of the molecule is CC(C)COCCN1CCOCC1c1nc2ccccc2s1. The normalized spacial score (nSPS) is 20.0. The minimum absolute atomic E-state index is 0.258. The fourth-order valence-electron chi connectivity index (χ4n) is 2.67. The minimum atomic E-state index is 0.258. The first-order chi connectivity index (χ1) is 10.7. The number of hydrogen-bond donors (Lipinski definition) is 0. The molecule has 1 aromatic carbocycles. The van der Waals surface area contributed by atoms with Crippen molar-refractivity contribution in [1.82, 2.24) is 9.88 Å². The van der Waals surface area contributed by atoms with E-state index in [1.54, 1.807) is 11.3 Å². The standard InChI is InChI=1S/C17H24N2O2S/c1-13(2)11-20-9-7-19-8-10-21-12-15(19)17-18-14-5-3-4-6-16(14)22-17/h3-6,13,15H,7-12H2,1-2H3. The number of nitrogens with zero attached hydrogens (tertiary/aromatic N) is 2. The van der Waals surface area contributed by atoms with Crippen molar-refractivity contribution >= 4 is 21.6 Å². The van der Waals surface area contributed by atoms with Gasteiger partial charge in [0.25, 0.3) is 0 Å². The van der Waals surface area contributed by atoms with Gasteiger partial charge in [0, 0.05) is 19.7 Å². The van der Waals surface area contributed by atoms with Gasteiger partial charge in [0.05, 0.1) is 36.1 Å². The first-order valence-electron chi connectivity index (χ1n) is 7.99. The molecule has 120 valence electrons. The fraction of sp³-hybridized carbons (Fsp3) is 0.588. The lowest BCUT2D eigenvalue weighted by Gasteiger charge is -2.34. The molecule has 0 aliphatic carbocycles. The van der Waals surface area contributed by atoms with Gasteiger partial charge < -0.3 is 9.47 Å². The lowest BCUT2D eigenvalue weighted by atomic mass is 10.2. The number of morpholine rings is 1. The second-order valence-corrected chi connectivity index (χ2v) is 7.18. The molecule has 0 spiro atoms.